The first-order chi connectivity index (χ1) is 9.36. The third-order valence-electron chi connectivity index (χ3n) is 4.50. The zero-order chi connectivity index (χ0) is 15.0. The van der Waals surface area contributed by atoms with E-state index in [4.69, 9.17) is 5.73 Å². The Morgan fingerprint density at radius 2 is 2.00 bits per heavy atom. The van der Waals surface area contributed by atoms with Crippen LogP contribution in [0.25, 0.3) is 0 Å². The second kappa shape index (κ2) is 5.33. The van der Waals surface area contributed by atoms with Gasteiger partial charge in [-0.25, -0.2) is 12.8 Å². The molecule has 112 valence electrons. The van der Waals surface area contributed by atoms with E-state index in [-0.39, 0.29) is 16.0 Å². The zero-order valence-electron chi connectivity index (χ0n) is 11.9. The molecular formula is C14H21FN2O2S. The summed E-state index contributed by atoms with van der Waals surface area (Å²) in [4.78, 5) is -0.386. The van der Waals surface area contributed by atoms with Crippen molar-refractivity contribution in [2.45, 2.75) is 38.0 Å². The fourth-order valence-corrected chi connectivity index (χ4v) is 4.57. The maximum atomic E-state index is 13.9. The molecule has 1 fully saturated rings. The molecule has 20 heavy (non-hydrogen) atoms. The molecule has 6 heteroatoms. The molecule has 1 aromatic rings. The van der Waals surface area contributed by atoms with Gasteiger partial charge in [0.1, 0.15) is 10.7 Å². The van der Waals surface area contributed by atoms with Crippen molar-refractivity contribution in [2.24, 2.45) is 5.41 Å². The van der Waals surface area contributed by atoms with E-state index in [1.54, 1.807) is 0 Å². The summed E-state index contributed by atoms with van der Waals surface area (Å²) < 4.78 is 40.4. The second-order valence-electron chi connectivity index (χ2n) is 5.45. The third kappa shape index (κ3) is 2.42. The smallest absolute Gasteiger partial charge is 0.248 e. The van der Waals surface area contributed by atoms with Gasteiger partial charge in [-0.05, 0) is 36.8 Å². The summed E-state index contributed by atoms with van der Waals surface area (Å²) in [5, 5.41) is 0. The highest BCUT2D eigenvalue weighted by molar-refractivity contribution is 7.89. The average molecular weight is 300 g/mol. The largest absolute Gasteiger partial charge is 0.398 e. The average Bonchev–Trinajstić information content (AvgIpc) is 2.84. The van der Waals surface area contributed by atoms with Gasteiger partial charge in [-0.1, -0.05) is 19.9 Å². The van der Waals surface area contributed by atoms with E-state index in [0.717, 1.165) is 25.3 Å². The molecule has 1 saturated heterocycles. The lowest BCUT2D eigenvalue weighted by atomic mass is 9.82. The number of hydrogen-bond acceptors (Lipinski definition) is 3. The van der Waals surface area contributed by atoms with Crippen molar-refractivity contribution in [2.75, 3.05) is 18.8 Å². The number of sulfonamides is 1. The lowest BCUT2D eigenvalue weighted by Gasteiger charge is -2.26. The summed E-state index contributed by atoms with van der Waals surface area (Å²) in [6.45, 7) is 5.00. The standard InChI is InChI=1S/C14H21FN2O2S/c1-3-14(4-2)8-9-17(10-14)20(18,19)13-11(15)6-5-7-12(13)16/h5-7H,3-4,8-10,16H2,1-2H3. The second-order valence-corrected chi connectivity index (χ2v) is 7.33. The topological polar surface area (TPSA) is 63.4 Å². The Kier molecular flexibility index (Phi) is 4.07. The molecule has 0 spiro atoms. The van der Waals surface area contributed by atoms with E-state index < -0.39 is 15.8 Å². The van der Waals surface area contributed by atoms with Crippen LogP contribution >= 0.6 is 0 Å². The lowest BCUT2D eigenvalue weighted by molar-refractivity contribution is 0.279. The molecule has 0 aliphatic carbocycles. The van der Waals surface area contributed by atoms with Gasteiger partial charge in [0.05, 0.1) is 5.69 Å². The number of hydrogen-bond donors (Lipinski definition) is 1. The highest BCUT2D eigenvalue weighted by Crippen LogP contribution is 2.40. The van der Waals surface area contributed by atoms with Crippen LogP contribution in [-0.4, -0.2) is 25.8 Å². The number of nitrogen functional groups attached to an aromatic ring is 1. The number of nitrogens with zero attached hydrogens (tertiary/aromatic N) is 1. The minimum absolute atomic E-state index is 0.00703. The third-order valence-corrected chi connectivity index (χ3v) is 6.44. The van der Waals surface area contributed by atoms with Crippen LogP contribution in [0.15, 0.2) is 23.1 Å². The first-order valence-corrected chi connectivity index (χ1v) is 8.34. The lowest BCUT2D eigenvalue weighted by Crippen LogP contribution is -2.32. The van der Waals surface area contributed by atoms with Gasteiger partial charge in [0.25, 0.3) is 0 Å². The van der Waals surface area contributed by atoms with E-state index in [1.807, 2.05) is 0 Å². The van der Waals surface area contributed by atoms with Crippen LogP contribution in [0.5, 0.6) is 0 Å². The molecule has 1 aromatic carbocycles. The molecule has 1 aliphatic rings. The Morgan fingerprint density at radius 1 is 1.35 bits per heavy atom. The van der Waals surface area contributed by atoms with E-state index >= 15 is 0 Å². The van der Waals surface area contributed by atoms with E-state index in [9.17, 15) is 12.8 Å². The predicted octanol–water partition coefficient (Wildman–Crippen LogP) is 2.61. The summed E-state index contributed by atoms with van der Waals surface area (Å²) >= 11 is 0. The van der Waals surface area contributed by atoms with E-state index in [1.165, 1.54) is 16.4 Å². The molecule has 0 bridgehead atoms. The van der Waals surface area contributed by atoms with E-state index in [2.05, 4.69) is 13.8 Å². The van der Waals surface area contributed by atoms with Crippen molar-refractivity contribution in [3.05, 3.63) is 24.0 Å². The SMILES string of the molecule is CCC1(CC)CCN(S(=O)(=O)c2c(N)cccc2F)C1. The van der Waals surface area contributed by atoms with Crippen molar-refractivity contribution in [1.82, 2.24) is 4.31 Å². The van der Waals surface area contributed by atoms with Crippen LogP contribution < -0.4 is 5.73 Å². The fourth-order valence-electron chi connectivity index (χ4n) is 2.85. The van der Waals surface area contributed by atoms with Crippen molar-refractivity contribution < 1.29 is 12.8 Å². The van der Waals surface area contributed by atoms with Crippen molar-refractivity contribution in [1.29, 1.82) is 0 Å². The van der Waals surface area contributed by atoms with Gasteiger partial charge in [-0.2, -0.15) is 4.31 Å². The Balaban J connectivity index is 2.38. The molecule has 1 aliphatic heterocycles. The normalized spacial score (nSPS) is 19.4. The van der Waals surface area contributed by atoms with E-state index in [0.29, 0.717) is 13.1 Å². The zero-order valence-corrected chi connectivity index (χ0v) is 12.7. The Labute approximate surface area is 119 Å². The monoisotopic (exact) mass is 300 g/mol. The number of nitrogens with two attached hydrogens (primary N) is 1. The van der Waals surface area contributed by atoms with Gasteiger partial charge in [-0.15, -0.1) is 0 Å². The number of benzene rings is 1. The molecule has 0 atom stereocenters. The predicted molar refractivity (Wildman–Crippen MR) is 77.2 cm³/mol. The molecule has 0 amide bonds. The van der Waals surface area contributed by atoms with Gasteiger partial charge < -0.3 is 5.73 Å². The van der Waals surface area contributed by atoms with Crippen LogP contribution in [-0.2, 0) is 10.0 Å². The molecule has 0 aromatic heterocycles. The van der Waals surface area contributed by atoms with Crippen LogP contribution in [0.2, 0.25) is 0 Å². The molecule has 0 saturated carbocycles. The summed E-state index contributed by atoms with van der Waals surface area (Å²) in [7, 11) is -3.86. The van der Waals surface area contributed by atoms with Crippen molar-refractivity contribution >= 4 is 15.7 Å². The van der Waals surface area contributed by atoms with Crippen LogP contribution in [0.4, 0.5) is 10.1 Å². The number of anilines is 1. The minimum Gasteiger partial charge on any atom is -0.398 e. The van der Waals surface area contributed by atoms with Gasteiger partial charge in [-0.3, -0.25) is 0 Å². The summed E-state index contributed by atoms with van der Waals surface area (Å²) in [6.07, 6.45) is 2.65. The Hall–Kier alpha value is -1.14. The quantitative estimate of drug-likeness (QED) is 0.869. The fraction of sp³-hybridized carbons (Fsp3) is 0.571. The van der Waals surface area contributed by atoms with Crippen molar-refractivity contribution in [3.8, 4) is 0 Å². The summed E-state index contributed by atoms with van der Waals surface area (Å²) in [5.41, 5.74) is 5.64. The molecule has 0 unspecified atom stereocenters. The first kappa shape index (κ1) is 15.3. The van der Waals surface area contributed by atoms with Gasteiger partial charge in [0, 0.05) is 13.1 Å². The maximum absolute atomic E-state index is 13.9. The highest BCUT2D eigenvalue weighted by Gasteiger charge is 2.41. The number of halogens is 1. The molecule has 4 nitrogen and oxygen atoms in total. The highest BCUT2D eigenvalue weighted by atomic mass is 32.2. The molecule has 2 rings (SSSR count). The molecular weight excluding hydrogens is 279 g/mol. The van der Waals surface area contributed by atoms with Gasteiger partial charge in [0.2, 0.25) is 10.0 Å². The minimum atomic E-state index is -3.86. The van der Waals surface area contributed by atoms with Gasteiger partial charge in [0.15, 0.2) is 0 Å². The summed E-state index contributed by atoms with van der Waals surface area (Å²) in [5.74, 6) is -0.782. The van der Waals surface area contributed by atoms with Crippen LogP contribution in [0.3, 0.4) is 0 Å². The first-order valence-electron chi connectivity index (χ1n) is 6.90. The maximum Gasteiger partial charge on any atom is 0.248 e. The van der Waals surface area contributed by atoms with Crippen molar-refractivity contribution in [3.63, 3.8) is 0 Å². The summed E-state index contributed by atoms with van der Waals surface area (Å²) in [6, 6.07) is 3.96. The van der Waals surface area contributed by atoms with Crippen LogP contribution in [0, 0.1) is 11.2 Å². The molecule has 0 radical (unpaired) electrons. The Bertz CT molecular complexity index is 577. The molecule has 1 heterocycles. The van der Waals surface area contributed by atoms with Crippen LogP contribution in [0.1, 0.15) is 33.1 Å². The Morgan fingerprint density at radius 3 is 2.50 bits per heavy atom. The number of rotatable bonds is 4. The van der Waals surface area contributed by atoms with Gasteiger partial charge >= 0.3 is 0 Å². The molecule has 2 N–H and O–H groups in total.